The lowest BCUT2D eigenvalue weighted by Gasteiger charge is -2.12. The van der Waals surface area contributed by atoms with E-state index in [2.05, 4.69) is 12.2 Å². The highest BCUT2D eigenvalue weighted by molar-refractivity contribution is 6.04. The van der Waals surface area contributed by atoms with Crippen LogP contribution in [0.25, 0.3) is 22.1 Å². The highest BCUT2D eigenvalue weighted by atomic mass is 16.5. The maximum Gasteiger partial charge on any atom is 0.344 e. The number of unbranched alkanes of at least 4 members (excludes halogenated alkanes) is 1. The van der Waals surface area contributed by atoms with Crippen molar-refractivity contribution in [2.45, 2.75) is 19.8 Å². The van der Waals surface area contributed by atoms with Gasteiger partial charge in [0.15, 0.2) is 0 Å². The van der Waals surface area contributed by atoms with Gasteiger partial charge in [0.2, 0.25) is 0 Å². The molecule has 33 heavy (non-hydrogen) atoms. The molecule has 0 radical (unpaired) electrons. The first-order valence-corrected chi connectivity index (χ1v) is 10.8. The number of hydrogen-bond donors (Lipinski definition) is 1. The molecule has 6 nitrogen and oxygen atoms in total. The van der Waals surface area contributed by atoms with Crippen LogP contribution in [0.4, 0.5) is 5.69 Å². The van der Waals surface area contributed by atoms with E-state index in [1.165, 1.54) is 7.11 Å². The van der Waals surface area contributed by atoms with Crippen LogP contribution in [0, 0.1) is 0 Å². The van der Waals surface area contributed by atoms with Crippen LogP contribution in [-0.2, 0) is 0 Å². The normalized spacial score (nSPS) is 10.7. The Morgan fingerprint density at radius 2 is 1.82 bits per heavy atom. The minimum atomic E-state index is -0.455. The van der Waals surface area contributed by atoms with E-state index in [-0.39, 0.29) is 5.91 Å². The van der Waals surface area contributed by atoms with E-state index in [1.54, 1.807) is 48.5 Å². The maximum absolute atomic E-state index is 12.8. The molecule has 0 fully saturated rings. The molecule has 3 aromatic carbocycles. The predicted molar refractivity (Wildman–Crippen MR) is 129 cm³/mol. The number of carbonyl (C=O) groups excluding carboxylic acids is 1. The molecule has 0 bridgehead atoms. The van der Waals surface area contributed by atoms with Gasteiger partial charge in [-0.15, -0.1) is 0 Å². The number of amides is 1. The third-order valence-electron chi connectivity index (χ3n) is 5.25. The number of benzene rings is 3. The molecule has 168 valence electrons. The zero-order valence-electron chi connectivity index (χ0n) is 18.6. The molecular weight excluding hydrogens is 418 g/mol. The van der Waals surface area contributed by atoms with Crippen LogP contribution < -0.4 is 20.4 Å². The number of rotatable bonds is 8. The summed E-state index contributed by atoms with van der Waals surface area (Å²) in [4.78, 5) is 25.4. The topological polar surface area (TPSA) is 77.8 Å². The van der Waals surface area contributed by atoms with Crippen LogP contribution in [0.5, 0.6) is 11.5 Å². The molecule has 0 saturated heterocycles. The van der Waals surface area contributed by atoms with Crippen LogP contribution in [0.15, 0.2) is 82.0 Å². The largest absolute Gasteiger partial charge is 0.496 e. The van der Waals surface area contributed by atoms with E-state index in [4.69, 9.17) is 13.9 Å². The Kier molecular flexibility index (Phi) is 6.74. The molecule has 0 aliphatic heterocycles. The maximum atomic E-state index is 12.8. The molecule has 1 amide bonds. The van der Waals surface area contributed by atoms with Crippen LogP contribution in [0.1, 0.15) is 30.1 Å². The number of para-hydroxylation sites is 1. The molecular formula is C27H25NO5. The van der Waals surface area contributed by atoms with Gasteiger partial charge in [-0.2, -0.15) is 0 Å². The number of carbonyl (C=O) groups is 1. The van der Waals surface area contributed by atoms with Crippen molar-refractivity contribution in [2.24, 2.45) is 0 Å². The Labute approximate surface area is 191 Å². The molecule has 0 aliphatic carbocycles. The number of fused-ring (bicyclic) bond motifs is 1. The highest BCUT2D eigenvalue weighted by Crippen LogP contribution is 2.32. The standard InChI is InChI=1S/C27H25NO5/c1-3-4-14-32-21-10-7-9-19(15-21)26(29)28-20-12-13-22(25(17-20)31-2)23-16-18-8-5-6-11-24(18)33-27(23)30/h5-13,15-17H,3-4,14H2,1-2H3,(H,28,29). The number of hydrogen-bond acceptors (Lipinski definition) is 5. The molecule has 1 N–H and O–H groups in total. The van der Waals surface area contributed by atoms with Gasteiger partial charge in [-0.05, 0) is 48.9 Å². The van der Waals surface area contributed by atoms with Gasteiger partial charge in [0, 0.05) is 28.3 Å². The zero-order valence-corrected chi connectivity index (χ0v) is 18.6. The van der Waals surface area contributed by atoms with Crippen molar-refractivity contribution in [1.29, 1.82) is 0 Å². The second kappa shape index (κ2) is 10.0. The van der Waals surface area contributed by atoms with Gasteiger partial charge >= 0.3 is 5.63 Å². The Morgan fingerprint density at radius 1 is 0.970 bits per heavy atom. The average molecular weight is 443 g/mol. The van der Waals surface area contributed by atoms with E-state index in [9.17, 15) is 9.59 Å². The summed E-state index contributed by atoms with van der Waals surface area (Å²) in [6.07, 6.45) is 2.00. The Hall–Kier alpha value is -4.06. The quantitative estimate of drug-likeness (QED) is 0.271. The molecule has 4 aromatic rings. The van der Waals surface area contributed by atoms with Crippen LogP contribution >= 0.6 is 0 Å². The third-order valence-corrected chi connectivity index (χ3v) is 5.25. The fourth-order valence-electron chi connectivity index (χ4n) is 3.51. The van der Waals surface area contributed by atoms with Crippen molar-refractivity contribution in [3.05, 3.63) is 88.8 Å². The number of methoxy groups -OCH3 is 1. The lowest BCUT2D eigenvalue weighted by atomic mass is 10.0. The summed E-state index contributed by atoms with van der Waals surface area (Å²) < 4.78 is 16.7. The average Bonchev–Trinajstić information content (AvgIpc) is 2.84. The molecule has 0 aliphatic rings. The smallest absolute Gasteiger partial charge is 0.344 e. The van der Waals surface area contributed by atoms with Gasteiger partial charge < -0.3 is 19.2 Å². The summed E-state index contributed by atoms with van der Waals surface area (Å²) >= 11 is 0. The van der Waals surface area contributed by atoms with Crippen molar-refractivity contribution >= 4 is 22.6 Å². The van der Waals surface area contributed by atoms with Gasteiger partial charge in [-0.25, -0.2) is 4.79 Å². The third kappa shape index (κ3) is 5.06. The van der Waals surface area contributed by atoms with E-state index < -0.39 is 5.63 Å². The summed E-state index contributed by atoms with van der Waals surface area (Å²) in [7, 11) is 1.52. The molecule has 6 heteroatoms. The van der Waals surface area contributed by atoms with Crippen molar-refractivity contribution in [3.8, 4) is 22.6 Å². The van der Waals surface area contributed by atoms with Crippen LogP contribution in [0.3, 0.4) is 0 Å². The number of nitrogens with one attached hydrogen (secondary N) is 1. The molecule has 1 aromatic heterocycles. The first-order valence-electron chi connectivity index (χ1n) is 10.8. The fraction of sp³-hybridized carbons (Fsp3) is 0.185. The van der Waals surface area contributed by atoms with E-state index >= 15 is 0 Å². The summed E-state index contributed by atoms with van der Waals surface area (Å²) in [6.45, 7) is 2.71. The van der Waals surface area contributed by atoms with Crippen molar-refractivity contribution in [1.82, 2.24) is 0 Å². The molecule has 1 heterocycles. The molecule has 0 unspecified atom stereocenters. The fourth-order valence-corrected chi connectivity index (χ4v) is 3.51. The summed E-state index contributed by atoms with van der Waals surface area (Å²) in [5, 5.41) is 3.69. The lowest BCUT2D eigenvalue weighted by molar-refractivity contribution is 0.102. The van der Waals surface area contributed by atoms with Crippen molar-refractivity contribution < 1.29 is 18.7 Å². The Morgan fingerprint density at radius 3 is 2.64 bits per heavy atom. The van der Waals surface area contributed by atoms with Gasteiger partial charge in [-0.1, -0.05) is 37.6 Å². The number of ether oxygens (including phenoxy) is 2. The van der Waals surface area contributed by atoms with Crippen molar-refractivity contribution in [2.75, 3.05) is 19.0 Å². The molecule has 0 atom stereocenters. The van der Waals surface area contributed by atoms with Gasteiger partial charge in [0.1, 0.15) is 17.1 Å². The number of anilines is 1. The minimum Gasteiger partial charge on any atom is -0.496 e. The van der Waals surface area contributed by atoms with Crippen LogP contribution in [0.2, 0.25) is 0 Å². The van der Waals surface area contributed by atoms with Crippen molar-refractivity contribution in [3.63, 3.8) is 0 Å². The SMILES string of the molecule is CCCCOc1cccc(C(=O)Nc2ccc(-c3cc4ccccc4oc3=O)c(OC)c2)c1. The molecule has 4 rings (SSSR count). The lowest BCUT2D eigenvalue weighted by Crippen LogP contribution is -2.12. The molecule has 0 saturated carbocycles. The Balaban J connectivity index is 1.58. The molecule has 0 spiro atoms. The van der Waals surface area contributed by atoms with E-state index in [1.807, 2.05) is 24.3 Å². The summed E-state index contributed by atoms with van der Waals surface area (Å²) in [5.74, 6) is 0.843. The predicted octanol–water partition coefficient (Wildman–Crippen LogP) is 5.90. The van der Waals surface area contributed by atoms with E-state index in [0.717, 1.165) is 18.2 Å². The minimum absolute atomic E-state index is 0.268. The second-order valence-corrected chi connectivity index (χ2v) is 7.58. The first-order chi connectivity index (χ1) is 16.1. The second-order valence-electron chi connectivity index (χ2n) is 7.58. The van der Waals surface area contributed by atoms with Crippen LogP contribution in [-0.4, -0.2) is 19.6 Å². The van der Waals surface area contributed by atoms with Gasteiger partial charge in [0.05, 0.1) is 19.3 Å². The summed E-state index contributed by atoms with van der Waals surface area (Å²) in [5.41, 5.74) is 2.07. The highest BCUT2D eigenvalue weighted by Gasteiger charge is 2.15. The summed E-state index contributed by atoms with van der Waals surface area (Å²) in [6, 6.07) is 21.3. The zero-order chi connectivity index (χ0) is 23.2. The van der Waals surface area contributed by atoms with E-state index in [0.29, 0.717) is 46.1 Å². The van der Waals surface area contributed by atoms with Gasteiger partial charge in [-0.3, -0.25) is 4.79 Å². The van der Waals surface area contributed by atoms with Gasteiger partial charge in [0.25, 0.3) is 5.91 Å². The Bertz CT molecular complexity index is 1340. The monoisotopic (exact) mass is 443 g/mol. The first kappa shape index (κ1) is 22.1.